The van der Waals surface area contributed by atoms with E-state index in [2.05, 4.69) is 25.7 Å². The van der Waals surface area contributed by atoms with E-state index in [1.54, 1.807) is 25.7 Å². The number of aromatic nitrogens is 4. The van der Waals surface area contributed by atoms with Crippen molar-refractivity contribution in [2.75, 3.05) is 24.5 Å². The standard InChI is InChI=1S/C21H28F3N7O3/c1-13-5-8-31(13)18-28-15(9-16(29-18)21(22,23)24)14-10-27-30(11-14)12-17(32)25-6-7-26-19(33)34-20(2,3)4/h9-11,13H,5-8,12H2,1-4H3,(H,25,32)(H,26,33)/t13-/m0/s1. The van der Waals surface area contributed by atoms with Crippen molar-refractivity contribution in [3.05, 3.63) is 24.2 Å². The zero-order chi connectivity index (χ0) is 25.1. The van der Waals surface area contributed by atoms with Crippen LogP contribution in [0.5, 0.6) is 0 Å². The second kappa shape index (κ2) is 9.85. The molecule has 0 bridgehead atoms. The Morgan fingerprint density at radius 2 is 1.88 bits per heavy atom. The van der Waals surface area contributed by atoms with Crippen molar-refractivity contribution in [1.29, 1.82) is 0 Å². The lowest BCUT2D eigenvalue weighted by molar-refractivity contribution is -0.141. The molecule has 3 heterocycles. The summed E-state index contributed by atoms with van der Waals surface area (Å²) in [5.41, 5.74) is -1.25. The summed E-state index contributed by atoms with van der Waals surface area (Å²) in [4.78, 5) is 33.4. The van der Waals surface area contributed by atoms with Gasteiger partial charge in [0.2, 0.25) is 11.9 Å². The first-order valence-corrected chi connectivity index (χ1v) is 10.8. The Morgan fingerprint density at radius 1 is 1.18 bits per heavy atom. The minimum atomic E-state index is -4.62. The lowest BCUT2D eigenvalue weighted by atomic mass is 10.1. The van der Waals surface area contributed by atoms with Crippen LogP contribution in [-0.4, -0.2) is 63.0 Å². The average Bonchev–Trinajstić information content (AvgIpc) is 3.16. The van der Waals surface area contributed by atoms with Crippen LogP contribution in [0.3, 0.4) is 0 Å². The fourth-order valence-corrected chi connectivity index (χ4v) is 3.14. The Labute approximate surface area is 194 Å². The van der Waals surface area contributed by atoms with Gasteiger partial charge in [0.25, 0.3) is 0 Å². The fraction of sp³-hybridized carbons (Fsp3) is 0.571. The van der Waals surface area contributed by atoms with Gasteiger partial charge < -0.3 is 20.3 Å². The molecule has 3 rings (SSSR count). The van der Waals surface area contributed by atoms with Gasteiger partial charge in [0.15, 0.2) is 5.69 Å². The quantitative estimate of drug-likeness (QED) is 0.582. The number of nitrogens with one attached hydrogen (secondary N) is 2. The molecule has 1 aliphatic rings. The molecule has 1 fully saturated rings. The molecule has 10 nitrogen and oxygen atoms in total. The van der Waals surface area contributed by atoms with Gasteiger partial charge in [-0.15, -0.1) is 0 Å². The molecule has 186 valence electrons. The Morgan fingerprint density at radius 3 is 2.47 bits per heavy atom. The number of carbonyl (C=O) groups is 2. The van der Waals surface area contributed by atoms with Crippen molar-refractivity contribution in [1.82, 2.24) is 30.4 Å². The van der Waals surface area contributed by atoms with Gasteiger partial charge in [0.1, 0.15) is 12.1 Å². The molecule has 1 saturated heterocycles. The monoisotopic (exact) mass is 483 g/mol. The zero-order valence-electron chi connectivity index (χ0n) is 19.4. The number of hydrogen-bond acceptors (Lipinski definition) is 7. The highest BCUT2D eigenvalue weighted by molar-refractivity contribution is 5.76. The molecular weight excluding hydrogens is 455 g/mol. The topological polar surface area (TPSA) is 114 Å². The highest BCUT2D eigenvalue weighted by atomic mass is 19.4. The minimum Gasteiger partial charge on any atom is -0.444 e. The zero-order valence-corrected chi connectivity index (χ0v) is 19.4. The normalized spacial score (nSPS) is 16.1. The van der Waals surface area contributed by atoms with Crippen molar-refractivity contribution < 1.29 is 27.5 Å². The Bertz CT molecular complexity index is 1030. The third kappa shape index (κ3) is 6.81. The minimum absolute atomic E-state index is 0.0200. The van der Waals surface area contributed by atoms with Crippen LogP contribution in [0.15, 0.2) is 18.5 Å². The summed E-state index contributed by atoms with van der Waals surface area (Å²) in [6.45, 7) is 7.89. The van der Waals surface area contributed by atoms with Crippen molar-refractivity contribution >= 4 is 17.9 Å². The number of amides is 2. The van der Waals surface area contributed by atoms with Crippen LogP contribution in [0, 0.1) is 0 Å². The summed E-state index contributed by atoms with van der Waals surface area (Å²) in [5, 5.41) is 9.20. The van der Waals surface area contributed by atoms with Gasteiger partial charge in [-0.1, -0.05) is 0 Å². The number of rotatable bonds is 7. The number of anilines is 1. The van der Waals surface area contributed by atoms with Gasteiger partial charge in [-0.05, 0) is 40.2 Å². The Balaban J connectivity index is 1.60. The van der Waals surface area contributed by atoms with Crippen molar-refractivity contribution in [3.8, 4) is 11.3 Å². The molecule has 0 unspecified atom stereocenters. The maximum atomic E-state index is 13.4. The van der Waals surface area contributed by atoms with E-state index >= 15 is 0 Å². The van der Waals surface area contributed by atoms with E-state index in [-0.39, 0.29) is 43.2 Å². The predicted molar refractivity (Wildman–Crippen MR) is 117 cm³/mol. The highest BCUT2D eigenvalue weighted by Crippen LogP contribution is 2.33. The van der Waals surface area contributed by atoms with Gasteiger partial charge in [0.05, 0.1) is 11.9 Å². The molecule has 0 spiro atoms. The van der Waals surface area contributed by atoms with E-state index in [1.807, 2.05) is 6.92 Å². The largest absolute Gasteiger partial charge is 0.444 e. The van der Waals surface area contributed by atoms with Crippen LogP contribution < -0.4 is 15.5 Å². The third-order valence-electron chi connectivity index (χ3n) is 4.93. The SMILES string of the molecule is C[C@H]1CCN1c1nc(-c2cnn(CC(=O)NCCNC(=O)OC(C)(C)C)c2)cc(C(F)(F)F)n1. The van der Waals surface area contributed by atoms with E-state index in [1.165, 1.54) is 17.1 Å². The van der Waals surface area contributed by atoms with Gasteiger partial charge >= 0.3 is 12.3 Å². The summed E-state index contributed by atoms with van der Waals surface area (Å²) in [6, 6.07) is 0.935. The Hall–Kier alpha value is -3.38. The third-order valence-corrected chi connectivity index (χ3v) is 4.93. The van der Waals surface area contributed by atoms with E-state index in [4.69, 9.17) is 4.74 Å². The maximum Gasteiger partial charge on any atom is 0.433 e. The van der Waals surface area contributed by atoms with Crippen LogP contribution in [0.4, 0.5) is 23.9 Å². The molecule has 0 radical (unpaired) electrons. The van der Waals surface area contributed by atoms with Crippen LogP contribution >= 0.6 is 0 Å². The number of halogens is 3. The molecule has 2 amide bonds. The van der Waals surface area contributed by atoms with Gasteiger partial charge in [-0.25, -0.2) is 14.8 Å². The number of alkyl halides is 3. The van der Waals surface area contributed by atoms with Crippen LogP contribution in [-0.2, 0) is 22.3 Å². The molecule has 34 heavy (non-hydrogen) atoms. The summed E-state index contributed by atoms with van der Waals surface area (Å²) in [6.07, 6.45) is -1.56. The second-order valence-electron chi connectivity index (χ2n) is 8.97. The van der Waals surface area contributed by atoms with Crippen LogP contribution in [0.1, 0.15) is 39.8 Å². The molecule has 2 N–H and O–H groups in total. The van der Waals surface area contributed by atoms with Crippen molar-refractivity contribution in [2.24, 2.45) is 0 Å². The van der Waals surface area contributed by atoms with Crippen LogP contribution in [0.25, 0.3) is 11.3 Å². The smallest absolute Gasteiger partial charge is 0.433 e. The molecule has 2 aromatic rings. The lowest BCUT2D eigenvalue weighted by Crippen LogP contribution is -2.46. The molecule has 1 aliphatic heterocycles. The predicted octanol–water partition coefficient (Wildman–Crippen LogP) is 2.60. The Kier molecular flexibility index (Phi) is 7.32. The fourth-order valence-electron chi connectivity index (χ4n) is 3.14. The van der Waals surface area contributed by atoms with E-state index in [9.17, 15) is 22.8 Å². The van der Waals surface area contributed by atoms with Crippen molar-refractivity contribution in [3.63, 3.8) is 0 Å². The molecule has 0 aliphatic carbocycles. The van der Waals surface area contributed by atoms with Gasteiger partial charge in [-0.2, -0.15) is 18.3 Å². The summed E-state index contributed by atoms with van der Waals surface area (Å²) in [7, 11) is 0. The lowest BCUT2D eigenvalue weighted by Gasteiger charge is -2.38. The van der Waals surface area contributed by atoms with E-state index in [0.717, 1.165) is 12.5 Å². The number of nitrogens with zero attached hydrogens (tertiary/aromatic N) is 5. The van der Waals surface area contributed by atoms with Gasteiger partial charge in [-0.3, -0.25) is 9.48 Å². The number of ether oxygens (including phenoxy) is 1. The average molecular weight is 483 g/mol. The molecule has 0 aromatic carbocycles. The first kappa shape index (κ1) is 25.2. The molecule has 2 aromatic heterocycles. The molecular formula is C21H28F3N7O3. The van der Waals surface area contributed by atoms with E-state index in [0.29, 0.717) is 12.1 Å². The molecule has 0 saturated carbocycles. The first-order chi connectivity index (χ1) is 15.8. The summed E-state index contributed by atoms with van der Waals surface area (Å²) >= 11 is 0. The number of hydrogen-bond donors (Lipinski definition) is 2. The summed E-state index contributed by atoms with van der Waals surface area (Å²) in [5.74, 6) is -0.360. The number of carbonyl (C=O) groups excluding carboxylic acids is 2. The molecule has 13 heteroatoms. The number of alkyl carbamates (subject to hydrolysis) is 1. The summed E-state index contributed by atoms with van der Waals surface area (Å²) < 4.78 is 46.5. The van der Waals surface area contributed by atoms with Crippen molar-refractivity contribution in [2.45, 2.75) is 58.5 Å². The van der Waals surface area contributed by atoms with Crippen LogP contribution in [0.2, 0.25) is 0 Å². The first-order valence-electron chi connectivity index (χ1n) is 10.8. The van der Waals surface area contributed by atoms with E-state index < -0.39 is 23.6 Å². The second-order valence-corrected chi connectivity index (χ2v) is 8.97. The van der Waals surface area contributed by atoms with Gasteiger partial charge in [0, 0.05) is 37.4 Å². The molecule has 1 atom stereocenters. The highest BCUT2D eigenvalue weighted by Gasteiger charge is 2.36. The maximum absolute atomic E-state index is 13.4.